The summed E-state index contributed by atoms with van der Waals surface area (Å²) in [6.45, 7) is 9.97. The highest BCUT2D eigenvalue weighted by Crippen LogP contribution is 2.62. The molecule has 1 aliphatic rings. The summed E-state index contributed by atoms with van der Waals surface area (Å²) >= 11 is 0. The van der Waals surface area contributed by atoms with Crippen molar-refractivity contribution in [2.24, 2.45) is 10.8 Å². The van der Waals surface area contributed by atoms with Crippen molar-refractivity contribution < 1.29 is 9.84 Å². The molecule has 1 aliphatic carbocycles. The number of aromatic hydroxyl groups is 1. The summed E-state index contributed by atoms with van der Waals surface area (Å²) < 4.78 is 5.11. The van der Waals surface area contributed by atoms with E-state index in [1.165, 1.54) is 0 Å². The minimum atomic E-state index is 0.188. The van der Waals surface area contributed by atoms with Crippen LogP contribution in [0.4, 0.5) is 0 Å². The Hall–Kier alpha value is -1.22. The second-order valence-corrected chi connectivity index (χ2v) is 6.26. The van der Waals surface area contributed by atoms with E-state index in [0.717, 1.165) is 12.1 Å². The van der Waals surface area contributed by atoms with Gasteiger partial charge in [0.1, 0.15) is 0 Å². The molecular formula is C15H23NO2. The fourth-order valence-electron chi connectivity index (χ4n) is 2.76. The van der Waals surface area contributed by atoms with Gasteiger partial charge >= 0.3 is 0 Å². The van der Waals surface area contributed by atoms with E-state index in [1.807, 2.05) is 12.1 Å². The van der Waals surface area contributed by atoms with Crippen molar-refractivity contribution >= 4 is 0 Å². The SMILES string of the molecule is COc1cc(CNC2C(C)(C)C2(C)C)ccc1O. The van der Waals surface area contributed by atoms with Crippen LogP contribution in [0, 0.1) is 10.8 Å². The molecule has 0 spiro atoms. The van der Waals surface area contributed by atoms with E-state index in [-0.39, 0.29) is 5.75 Å². The van der Waals surface area contributed by atoms with Crippen LogP contribution in [0.2, 0.25) is 0 Å². The molecule has 2 rings (SSSR count). The van der Waals surface area contributed by atoms with Gasteiger partial charge in [-0.3, -0.25) is 0 Å². The Morgan fingerprint density at radius 1 is 1.22 bits per heavy atom. The molecule has 0 amide bonds. The molecule has 0 radical (unpaired) electrons. The van der Waals surface area contributed by atoms with E-state index in [9.17, 15) is 5.11 Å². The van der Waals surface area contributed by atoms with E-state index in [4.69, 9.17) is 4.74 Å². The van der Waals surface area contributed by atoms with Gasteiger partial charge < -0.3 is 15.2 Å². The first-order valence-corrected chi connectivity index (χ1v) is 6.40. The highest BCUT2D eigenvalue weighted by molar-refractivity contribution is 5.41. The third-order valence-corrected chi connectivity index (χ3v) is 4.78. The third-order valence-electron chi connectivity index (χ3n) is 4.78. The molecule has 0 saturated heterocycles. The van der Waals surface area contributed by atoms with Gasteiger partial charge in [0, 0.05) is 12.6 Å². The molecule has 0 aliphatic heterocycles. The maximum atomic E-state index is 9.55. The summed E-state index contributed by atoms with van der Waals surface area (Å²) in [5.41, 5.74) is 1.81. The van der Waals surface area contributed by atoms with Crippen molar-refractivity contribution in [3.63, 3.8) is 0 Å². The topological polar surface area (TPSA) is 41.5 Å². The first kappa shape index (κ1) is 13.2. The zero-order valence-electron chi connectivity index (χ0n) is 11.9. The van der Waals surface area contributed by atoms with Crippen LogP contribution in [0.1, 0.15) is 33.3 Å². The van der Waals surface area contributed by atoms with Gasteiger partial charge in [-0.05, 0) is 28.5 Å². The van der Waals surface area contributed by atoms with Crippen LogP contribution >= 0.6 is 0 Å². The molecule has 0 atom stereocenters. The first-order valence-electron chi connectivity index (χ1n) is 6.40. The van der Waals surface area contributed by atoms with Gasteiger partial charge in [-0.1, -0.05) is 33.8 Å². The van der Waals surface area contributed by atoms with E-state index in [1.54, 1.807) is 13.2 Å². The van der Waals surface area contributed by atoms with Crippen LogP contribution in [-0.4, -0.2) is 18.3 Å². The summed E-state index contributed by atoms with van der Waals surface area (Å²) in [5, 5.41) is 13.1. The normalized spacial score (nSPS) is 20.7. The molecule has 1 fully saturated rings. The molecule has 1 saturated carbocycles. The van der Waals surface area contributed by atoms with Crippen LogP contribution < -0.4 is 10.1 Å². The number of nitrogens with one attached hydrogen (secondary N) is 1. The number of hydrogen-bond donors (Lipinski definition) is 2. The molecule has 1 aromatic rings. The Labute approximate surface area is 109 Å². The molecule has 0 unspecified atom stereocenters. The van der Waals surface area contributed by atoms with Gasteiger partial charge in [0.2, 0.25) is 0 Å². The van der Waals surface area contributed by atoms with Gasteiger partial charge in [-0.15, -0.1) is 0 Å². The van der Waals surface area contributed by atoms with Crippen LogP contribution in [0.5, 0.6) is 11.5 Å². The van der Waals surface area contributed by atoms with E-state index < -0.39 is 0 Å². The third kappa shape index (κ3) is 1.97. The second kappa shape index (κ2) is 4.16. The van der Waals surface area contributed by atoms with Crippen LogP contribution in [0.15, 0.2) is 18.2 Å². The fourth-order valence-corrected chi connectivity index (χ4v) is 2.76. The van der Waals surface area contributed by atoms with Crippen molar-refractivity contribution in [3.05, 3.63) is 23.8 Å². The van der Waals surface area contributed by atoms with Crippen LogP contribution in [0.25, 0.3) is 0 Å². The van der Waals surface area contributed by atoms with Gasteiger partial charge in [-0.25, -0.2) is 0 Å². The lowest BCUT2D eigenvalue weighted by Crippen LogP contribution is -2.21. The lowest BCUT2D eigenvalue weighted by Gasteiger charge is -2.09. The average molecular weight is 249 g/mol. The number of hydrogen-bond acceptors (Lipinski definition) is 3. The maximum Gasteiger partial charge on any atom is 0.160 e. The second-order valence-electron chi connectivity index (χ2n) is 6.26. The van der Waals surface area contributed by atoms with Crippen LogP contribution in [-0.2, 0) is 6.54 Å². The summed E-state index contributed by atoms with van der Waals surface area (Å²) in [7, 11) is 1.57. The highest BCUT2D eigenvalue weighted by atomic mass is 16.5. The molecule has 2 N–H and O–H groups in total. The minimum Gasteiger partial charge on any atom is -0.504 e. The average Bonchev–Trinajstić information content (AvgIpc) is 2.69. The predicted molar refractivity (Wildman–Crippen MR) is 72.8 cm³/mol. The molecule has 0 heterocycles. The lowest BCUT2D eigenvalue weighted by atomic mass is 10.0. The van der Waals surface area contributed by atoms with Crippen molar-refractivity contribution in [2.45, 2.75) is 40.3 Å². The van der Waals surface area contributed by atoms with Crippen molar-refractivity contribution in [1.29, 1.82) is 0 Å². The molecule has 3 nitrogen and oxygen atoms in total. The smallest absolute Gasteiger partial charge is 0.160 e. The fraction of sp³-hybridized carbons (Fsp3) is 0.600. The van der Waals surface area contributed by atoms with E-state index in [0.29, 0.717) is 22.6 Å². The van der Waals surface area contributed by atoms with Gasteiger partial charge in [0.25, 0.3) is 0 Å². The molecular weight excluding hydrogens is 226 g/mol. The monoisotopic (exact) mass is 249 g/mol. The Balaban J connectivity index is 2.00. The number of benzene rings is 1. The minimum absolute atomic E-state index is 0.188. The Morgan fingerprint density at radius 3 is 2.33 bits per heavy atom. The van der Waals surface area contributed by atoms with Gasteiger partial charge in [0.15, 0.2) is 11.5 Å². The van der Waals surface area contributed by atoms with Gasteiger partial charge in [0.05, 0.1) is 7.11 Å². The summed E-state index contributed by atoms with van der Waals surface area (Å²) in [6.07, 6.45) is 0. The highest BCUT2D eigenvalue weighted by Gasteiger charge is 2.64. The Morgan fingerprint density at radius 2 is 1.83 bits per heavy atom. The number of phenolic OH excluding ortho intramolecular Hbond substituents is 1. The van der Waals surface area contributed by atoms with Crippen LogP contribution in [0.3, 0.4) is 0 Å². The number of rotatable bonds is 4. The molecule has 0 bridgehead atoms. The molecule has 3 heteroatoms. The largest absolute Gasteiger partial charge is 0.504 e. The quantitative estimate of drug-likeness (QED) is 0.862. The summed E-state index contributed by atoms with van der Waals surface area (Å²) in [5.74, 6) is 0.719. The Bertz CT molecular complexity index is 438. The summed E-state index contributed by atoms with van der Waals surface area (Å²) in [4.78, 5) is 0. The van der Waals surface area contributed by atoms with Gasteiger partial charge in [-0.2, -0.15) is 0 Å². The molecule has 1 aromatic carbocycles. The zero-order chi connectivity index (χ0) is 13.6. The first-order chi connectivity index (χ1) is 8.30. The number of methoxy groups -OCH3 is 1. The van der Waals surface area contributed by atoms with Crippen molar-refractivity contribution in [1.82, 2.24) is 5.32 Å². The summed E-state index contributed by atoms with van der Waals surface area (Å²) in [6, 6.07) is 6.02. The molecule has 18 heavy (non-hydrogen) atoms. The van der Waals surface area contributed by atoms with E-state index in [2.05, 4.69) is 33.0 Å². The lowest BCUT2D eigenvalue weighted by molar-refractivity contribution is 0.372. The Kier molecular flexibility index (Phi) is 3.06. The maximum absolute atomic E-state index is 9.55. The number of phenols is 1. The van der Waals surface area contributed by atoms with E-state index >= 15 is 0 Å². The number of ether oxygens (including phenoxy) is 1. The van der Waals surface area contributed by atoms with Crippen molar-refractivity contribution in [2.75, 3.05) is 7.11 Å². The zero-order valence-corrected chi connectivity index (χ0v) is 11.9. The predicted octanol–water partition coefficient (Wildman–Crippen LogP) is 2.93. The molecule has 100 valence electrons. The molecule has 0 aromatic heterocycles. The standard InChI is InChI=1S/C15H23NO2/c1-14(2)13(15(14,3)4)16-9-10-6-7-11(17)12(8-10)18-5/h6-8,13,16-17H,9H2,1-5H3. The van der Waals surface area contributed by atoms with Crippen molar-refractivity contribution in [3.8, 4) is 11.5 Å².